The molecular weight excluding hydrogens is 396 g/mol. The Bertz CT molecular complexity index is 1050. The number of nitrogens with zero attached hydrogens (tertiary/aromatic N) is 5. The number of hydrogen-bond donors (Lipinski definition) is 1. The molecule has 4 heterocycles. The van der Waals surface area contributed by atoms with Gasteiger partial charge in [0.2, 0.25) is 5.91 Å². The molecule has 0 atom stereocenters. The number of allylic oxidation sites excluding steroid dienone is 2. The van der Waals surface area contributed by atoms with E-state index in [1.807, 2.05) is 11.3 Å². The fourth-order valence-electron chi connectivity index (χ4n) is 3.92. The molecule has 1 saturated heterocycles. The number of fused-ring (bicyclic) bond motifs is 1. The van der Waals surface area contributed by atoms with E-state index in [-0.39, 0.29) is 11.8 Å². The summed E-state index contributed by atoms with van der Waals surface area (Å²) in [5, 5.41) is 5.21. The predicted molar refractivity (Wildman–Crippen MR) is 121 cm³/mol. The maximum Gasteiger partial charge on any atom is 0.228 e. The summed E-state index contributed by atoms with van der Waals surface area (Å²) in [6, 6.07) is 0. The fourth-order valence-corrected chi connectivity index (χ4v) is 4.85. The van der Waals surface area contributed by atoms with E-state index in [0.29, 0.717) is 17.0 Å². The van der Waals surface area contributed by atoms with Crippen molar-refractivity contribution in [3.63, 3.8) is 0 Å². The van der Waals surface area contributed by atoms with Crippen LogP contribution in [0, 0.1) is 12.8 Å². The molecule has 1 fully saturated rings. The average Bonchev–Trinajstić information content (AvgIpc) is 3.14. The van der Waals surface area contributed by atoms with Gasteiger partial charge >= 0.3 is 0 Å². The monoisotopic (exact) mass is 422 g/mol. The first-order valence-corrected chi connectivity index (χ1v) is 11.2. The van der Waals surface area contributed by atoms with Gasteiger partial charge < -0.3 is 10.2 Å². The molecule has 30 heavy (non-hydrogen) atoms. The Hall–Kier alpha value is -2.87. The van der Waals surface area contributed by atoms with Crippen molar-refractivity contribution in [1.29, 1.82) is 0 Å². The second-order valence-electron chi connectivity index (χ2n) is 7.46. The van der Waals surface area contributed by atoms with Crippen LogP contribution >= 0.6 is 11.3 Å². The van der Waals surface area contributed by atoms with Gasteiger partial charge in [-0.05, 0) is 45.1 Å². The quantitative estimate of drug-likeness (QED) is 0.601. The van der Waals surface area contributed by atoms with E-state index in [1.165, 1.54) is 22.5 Å². The summed E-state index contributed by atoms with van der Waals surface area (Å²) in [5.74, 6) is 0.393. The Balaban J connectivity index is 1.39. The predicted octanol–water partition coefficient (Wildman–Crippen LogP) is 4.15. The summed E-state index contributed by atoms with van der Waals surface area (Å²) in [7, 11) is 0. The Morgan fingerprint density at radius 2 is 2.03 bits per heavy atom. The van der Waals surface area contributed by atoms with Gasteiger partial charge in [0.05, 0.1) is 5.69 Å². The lowest BCUT2D eigenvalue weighted by Crippen LogP contribution is -2.38. The number of anilines is 2. The van der Waals surface area contributed by atoms with Gasteiger partial charge in [-0.25, -0.2) is 19.9 Å². The van der Waals surface area contributed by atoms with Crippen LogP contribution < -0.4 is 10.2 Å². The SMILES string of the molecule is C/C=C\CCc1c(N2CCC(C(=O)Nc3ncnc4nccnc34)CC2)csc1C. The lowest BCUT2D eigenvalue weighted by Gasteiger charge is -2.33. The first-order chi connectivity index (χ1) is 14.7. The van der Waals surface area contributed by atoms with Gasteiger partial charge in [-0.3, -0.25) is 4.79 Å². The number of hydrogen-bond acceptors (Lipinski definition) is 7. The number of nitrogens with one attached hydrogen (secondary N) is 1. The van der Waals surface area contributed by atoms with Crippen LogP contribution in [0.15, 0.2) is 36.3 Å². The second kappa shape index (κ2) is 9.30. The summed E-state index contributed by atoms with van der Waals surface area (Å²) in [6.07, 6.45) is 12.7. The van der Waals surface area contributed by atoms with Crippen molar-refractivity contribution in [1.82, 2.24) is 19.9 Å². The molecule has 4 rings (SSSR count). The van der Waals surface area contributed by atoms with Crippen LogP contribution in [-0.2, 0) is 11.2 Å². The molecular formula is C22H26N6OS. The van der Waals surface area contributed by atoms with Crippen molar-refractivity contribution < 1.29 is 4.79 Å². The fraction of sp³-hybridized carbons (Fsp3) is 0.409. The second-order valence-corrected chi connectivity index (χ2v) is 8.55. The topological polar surface area (TPSA) is 83.9 Å². The number of thiophene rings is 1. The van der Waals surface area contributed by atoms with Crippen molar-refractivity contribution in [2.75, 3.05) is 23.3 Å². The highest BCUT2D eigenvalue weighted by Gasteiger charge is 2.27. The molecule has 1 aliphatic rings. The van der Waals surface area contributed by atoms with Crippen LogP contribution in [0.25, 0.3) is 11.2 Å². The van der Waals surface area contributed by atoms with Crippen molar-refractivity contribution in [2.45, 2.75) is 39.5 Å². The minimum Gasteiger partial charge on any atom is -0.371 e. The molecule has 0 unspecified atom stereocenters. The molecule has 0 radical (unpaired) electrons. The minimum atomic E-state index is -0.0332. The van der Waals surface area contributed by atoms with Gasteiger partial charge in [-0.2, -0.15) is 0 Å². The number of aryl methyl sites for hydroxylation is 1. The molecule has 0 spiro atoms. The number of carbonyl (C=O) groups is 1. The molecule has 3 aromatic rings. The minimum absolute atomic E-state index is 0.00453. The maximum absolute atomic E-state index is 12.9. The van der Waals surface area contributed by atoms with E-state index >= 15 is 0 Å². The van der Waals surface area contributed by atoms with Crippen molar-refractivity contribution in [3.8, 4) is 0 Å². The van der Waals surface area contributed by atoms with E-state index in [2.05, 4.69) is 61.5 Å². The molecule has 8 heteroatoms. The molecule has 0 aromatic carbocycles. The molecule has 7 nitrogen and oxygen atoms in total. The standard InChI is InChI=1S/C22H26N6OS/c1-3-4-5-6-17-15(2)30-13-18(17)28-11-7-16(8-12-28)22(29)27-21-19-20(25-14-26-21)24-10-9-23-19/h3-4,9-10,13-14,16H,5-8,11-12H2,1-2H3,(H,24,25,26,27,29)/b4-3-. The van der Waals surface area contributed by atoms with Gasteiger partial charge in [0.25, 0.3) is 0 Å². The molecule has 1 amide bonds. The summed E-state index contributed by atoms with van der Waals surface area (Å²) >= 11 is 1.82. The lowest BCUT2D eigenvalue weighted by atomic mass is 9.95. The highest BCUT2D eigenvalue weighted by Crippen LogP contribution is 2.34. The van der Waals surface area contributed by atoms with Crippen LogP contribution in [0.5, 0.6) is 0 Å². The van der Waals surface area contributed by atoms with Gasteiger partial charge in [0, 0.05) is 41.7 Å². The van der Waals surface area contributed by atoms with E-state index in [4.69, 9.17) is 0 Å². The normalized spacial score (nSPS) is 15.2. The van der Waals surface area contributed by atoms with Crippen LogP contribution in [0.1, 0.15) is 36.6 Å². The smallest absolute Gasteiger partial charge is 0.228 e. The third kappa shape index (κ3) is 4.33. The largest absolute Gasteiger partial charge is 0.371 e. The summed E-state index contributed by atoms with van der Waals surface area (Å²) in [4.78, 5) is 33.4. The van der Waals surface area contributed by atoms with E-state index < -0.39 is 0 Å². The molecule has 3 aromatic heterocycles. The van der Waals surface area contributed by atoms with Crippen molar-refractivity contribution in [3.05, 3.63) is 46.7 Å². The third-order valence-electron chi connectivity index (χ3n) is 5.60. The first kappa shape index (κ1) is 20.4. The summed E-state index contributed by atoms with van der Waals surface area (Å²) in [5.41, 5.74) is 3.80. The third-order valence-corrected chi connectivity index (χ3v) is 6.54. The van der Waals surface area contributed by atoms with E-state index in [9.17, 15) is 4.79 Å². The van der Waals surface area contributed by atoms with Crippen molar-refractivity contribution >= 4 is 39.9 Å². The zero-order chi connectivity index (χ0) is 20.9. The zero-order valence-corrected chi connectivity index (χ0v) is 18.2. The average molecular weight is 423 g/mol. The Kier molecular flexibility index (Phi) is 6.32. The van der Waals surface area contributed by atoms with E-state index in [0.717, 1.165) is 38.8 Å². The maximum atomic E-state index is 12.9. The van der Waals surface area contributed by atoms with Crippen LogP contribution in [0.3, 0.4) is 0 Å². The van der Waals surface area contributed by atoms with Crippen LogP contribution in [0.4, 0.5) is 11.5 Å². The lowest BCUT2D eigenvalue weighted by molar-refractivity contribution is -0.120. The first-order valence-electron chi connectivity index (χ1n) is 10.3. The van der Waals surface area contributed by atoms with E-state index in [1.54, 1.807) is 12.4 Å². The molecule has 0 aliphatic carbocycles. The van der Waals surface area contributed by atoms with Gasteiger partial charge in [-0.15, -0.1) is 11.3 Å². The number of carbonyl (C=O) groups excluding carboxylic acids is 1. The van der Waals surface area contributed by atoms with Gasteiger partial charge in [0.1, 0.15) is 6.33 Å². The molecule has 0 saturated carbocycles. The van der Waals surface area contributed by atoms with Crippen molar-refractivity contribution in [2.24, 2.45) is 5.92 Å². The van der Waals surface area contributed by atoms with Gasteiger partial charge in [0.15, 0.2) is 17.0 Å². The van der Waals surface area contributed by atoms with Crippen LogP contribution in [-0.4, -0.2) is 38.9 Å². The molecule has 1 aliphatic heterocycles. The number of aromatic nitrogens is 4. The highest BCUT2D eigenvalue weighted by molar-refractivity contribution is 7.10. The van der Waals surface area contributed by atoms with Crippen LogP contribution in [0.2, 0.25) is 0 Å². The molecule has 1 N–H and O–H groups in total. The van der Waals surface area contributed by atoms with Gasteiger partial charge in [-0.1, -0.05) is 12.2 Å². The Labute approximate surface area is 180 Å². The number of piperidine rings is 1. The summed E-state index contributed by atoms with van der Waals surface area (Å²) in [6.45, 7) is 6.03. The number of rotatable bonds is 6. The Morgan fingerprint density at radius 1 is 1.23 bits per heavy atom. The highest BCUT2D eigenvalue weighted by atomic mass is 32.1. The summed E-state index contributed by atoms with van der Waals surface area (Å²) < 4.78 is 0. The zero-order valence-electron chi connectivity index (χ0n) is 17.3. The Morgan fingerprint density at radius 3 is 2.83 bits per heavy atom. The molecule has 0 bridgehead atoms. The number of amides is 1. The molecule has 156 valence electrons.